The van der Waals surface area contributed by atoms with Crippen molar-refractivity contribution in [3.8, 4) is 0 Å². The van der Waals surface area contributed by atoms with Crippen LogP contribution in [0.4, 0.5) is 4.39 Å². The zero-order valence-electron chi connectivity index (χ0n) is 7.89. The molecule has 1 rings (SSSR count). The molecule has 1 aromatic rings. The fraction of sp³-hybridized carbons (Fsp3) is 0.400. The van der Waals surface area contributed by atoms with Crippen molar-refractivity contribution >= 4 is 0 Å². The van der Waals surface area contributed by atoms with E-state index in [1.807, 2.05) is 13.8 Å². The fourth-order valence-corrected chi connectivity index (χ4v) is 0.866. The maximum atomic E-state index is 12.9. The quantitative estimate of drug-likeness (QED) is 0.687. The van der Waals surface area contributed by atoms with Crippen molar-refractivity contribution in [2.24, 2.45) is 5.73 Å². The third kappa shape index (κ3) is 2.62. The van der Waals surface area contributed by atoms with Gasteiger partial charge in [-0.3, -0.25) is 0 Å². The first-order valence-electron chi connectivity index (χ1n) is 4.19. The molecule has 0 aliphatic heterocycles. The van der Waals surface area contributed by atoms with Crippen LogP contribution in [-0.2, 0) is 6.54 Å². The van der Waals surface area contributed by atoms with E-state index >= 15 is 0 Å². The summed E-state index contributed by atoms with van der Waals surface area (Å²) in [5.74, 6) is -0.176. The lowest BCUT2D eigenvalue weighted by atomic mass is 10.1. The van der Waals surface area contributed by atoms with Gasteiger partial charge in [0.25, 0.3) is 0 Å². The molecular weight excluding hydrogens is 153 g/mol. The molecule has 0 heterocycles. The maximum Gasteiger partial charge on any atom is 0.130 e. The maximum absolute atomic E-state index is 12.9. The SMILES string of the molecule is CC.Cc1cccc(CN)c1F. The second kappa shape index (κ2) is 5.72. The van der Waals surface area contributed by atoms with E-state index in [1.165, 1.54) is 0 Å². The Hall–Kier alpha value is -0.890. The zero-order valence-corrected chi connectivity index (χ0v) is 7.89. The Bertz CT molecular complexity index is 233. The minimum atomic E-state index is -0.176. The van der Waals surface area contributed by atoms with Crippen molar-refractivity contribution in [3.63, 3.8) is 0 Å². The molecule has 0 aliphatic rings. The first kappa shape index (κ1) is 11.1. The van der Waals surface area contributed by atoms with E-state index in [0.29, 0.717) is 11.1 Å². The van der Waals surface area contributed by atoms with Crippen LogP contribution in [0.15, 0.2) is 18.2 Å². The van der Waals surface area contributed by atoms with Crippen molar-refractivity contribution in [2.45, 2.75) is 27.3 Å². The monoisotopic (exact) mass is 169 g/mol. The molecule has 0 unspecified atom stereocenters. The van der Waals surface area contributed by atoms with Gasteiger partial charge < -0.3 is 5.73 Å². The summed E-state index contributed by atoms with van der Waals surface area (Å²) in [4.78, 5) is 0. The molecule has 0 radical (unpaired) electrons. The lowest BCUT2D eigenvalue weighted by molar-refractivity contribution is 0.601. The molecule has 1 nitrogen and oxygen atoms in total. The van der Waals surface area contributed by atoms with Gasteiger partial charge in [0.15, 0.2) is 0 Å². The molecule has 0 amide bonds. The Morgan fingerprint density at radius 3 is 2.33 bits per heavy atom. The molecule has 2 heteroatoms. The summed E-state index contributed by atoms with van der Waals surface area (Å²) in [6, 6.07) is 5.23. The van der Waals surface area contributed by atoms with Gasteiger partial charge in [0, 0.05) is 12.1 Å². The zero-order chi connectivity index (χ0) is 9.56. The van der Waals surface area contributed by atoms with Crippen LogP contribution in [0.2, 0.25) is 0 Å². The predicted molar refractivity (Wildman–Crippen MR) is 50.4 cm³/mol. The van der Waals surface area contributed by atoms with Crippen LogP contribution >= 0.6 is 0 Å². The number of rotatable bonds is 1. The lowest BCUT2D eigenvalue weighted by Crippen LogP contribution is -2.00. The molecule has 0 aliphatic carbocycles. The van der Waals surface area contributed by atoms with Gasteiger partial charge in [-0.25, -0.2) is 4.39 Å². The summed E-state index contributed by atoms with van der Waals surface area (Å²) in [5.41, 5.74) is 6.52. The van der Waals surface area contributed by atoms with Crippen LogP contribution in [0.25, 0.3) is 0 Å². The molecule has 12 heavy (non-hydrogen) atoms. The number of halogens is 1. The van der Waals surface area contributed by atoms with E-state index < -0.39 is 0 Å². The molecular formula is C10H16FN. The van der Waals surface area contributed by atoms with E-state index in [1.54, 1.807) is 25.1 Å². The van der Waals surface area contributed by atoms with Crippen molar-refractivity contribution < 1.29 is 4.39 Å². The highest BCUT2D eigenvalue weighted by Gasteiger charge is 2.00. The van der Waals surface area contributed by atoms with E-state index in [4.69, 9.17) is 5.73 Å². The summed E-state index contributed by atoms with van der Waals surface area (Å²) in [6.45, 7) is 6.00. The number of benzene rings is 1. The number of hydrogen-bond donors (Lipinski definition) is 1. The molecule has 68 valence electrons. The fourth-order valence-electron chi connectivity index (χ4n) is 0.866. The van der Waals surface area contributed by atoms with Crippen molar-refractivity contribution in [1.29, 1.82) is 0 Å². The van der Waals surface area contributed by atoms with Crippen molar-refractivity contribution in [2.75, 3.05) is 0 Å². The predicted octanol–water partition coefficient (Wildman–Crippen LogP) is 2.62. The minimum absolute atomic E-state index is 0.176. The van der Waals surface area contributed by atoms with Gasteiger partial charge >= 0.3 is 0 Å². The largest absolute Gasteiger partial charge is 0.326 e. The van der Waals surface area contributed by atoms with E-state index in [2.05, 4.69) is 0 Å². The van der Waals surface area contributed by atoms with Crippen LogP contribution < -0.4 is 5.73 Å². The highest BCUT2D eigenvalue weighted by atomic mass is 19.1. The van der Waals surface area contributed by atoms with E-state index in [9.17, 15) is 4.39 Å². The minimum Gasteiger partial charge on any atom is -0.326 e. The second-order valence-electron chi connectivity index (χ2n) is 2.25. The third-order valence-electron chi connectivity index (χ3n) is 1.49. The van der Waals surface area contributed by atoms with Crippen molar-refractivity contribution in [1.82, 2.24) is 0 Å². The first-order valence-corrected chi connectivity index (χ1v) is 4.19. The van der Waals surface area contributed by atoms with Gasteiger partial charge in [0.2, 0.25) is 0 Å². The summed E-state index contributed by atoms with van der Waals surface area (Å²) in [6.07, 6.45) is 0. The Balaban J connectivity index is 0.000000561. The van der Waals surface area contributed by atoms with Gasteiger partial charge in [0.1, 0.15) is 5.82 Å². The lowest BCUT2D eigenvalue weighted by Gasteiger charge is -2.00. The summed E-state index contributed by atoms with van der Waals surface area (Å²) in [5, 5.41) is 0. The molecule has 0 saturated carbocycles. The molecule has 0 saturated heterocycles. The van der Waals surface area contributed by atoms with Crippen LogP contribution in [-0.4, -0.2) is 0 Å². The normalized spacial score (nSPS) is 8.75. The molecule has 2 N–H and O–H groups in total. The average molecular weight is 169 g/mol. The molecule has 0 bridgehead atoms. The van der Waals surface area contributed by atoms with Crippen molar-refractivity contribution in [3.05, 3.63) is 35.1 Å². The molecule has 0 fully saturated rings. The molecule has 0 aromatic heterocycles. The van der Waals surface area contributed by atoms with Crippen LogP contribution in [0.1, 0.15) is 25.0 Å². The summed E-state index contributed by atoms with van der Waals surface area (Å²) >= 11 is 0. The van der Waals surface area contributed by atoms with Crippen LogP contribution in [0.3, 0.4) is 0 Å². The highest BCUT2D eigenvalue weighted by molar-refractivity contribution is 5.24. The van der Waals surface area contributed by atoms with Crippen LogP contribution in [0, 0.1) is 12.7 Å². The Labute approximate surface area is 73.4 Å². The number of aryl methyl sites for hydroxylation is 1. The van der Waals surface area contributed by atoms with Crippen LogP contribution in [0.5, 0.6) is 0 Å². The average Bonchev–Trinajstić information content (AvgIpc) is 2.13. The Kier molecular flexibility index (Phi) is 5.30. The van der Waals surface area contributed by atoms with E-state index in [-0.39, 0.29) is 12.4 Å². The Morgan fingerprint density at radius 2 is 1.92 bits per heavy atom. The Morgan fingerprint density at radius 1 is 1.33 bits per heavy atom. The topological polar surface area (TPSA) is 26.0 Å². The summed E-state index contributed by atoms with van der Waals surface area (Å²) < 4.78 is 12.9. The number of hydrogen-bond acceptors (Lipinski definition) is 1. The molecule has 0 atom stereocenters. The van der Waals surface area contributed by atoms with Gasteiger partial charge in [-0.2, -0.15) is 0 Å². The standard InChI is InChI=1S/C8H10FN.C2H6/c1-6-3-2-4-7(5-10)8(6)9;1-2/h2-4H,5,10H2,1H3;1-2H3. The van der Waals surface area contributed by atoms with Gasteiger partial charge in [-0.1, -0.05) is 32.0 Å². The molecule has 1 aromatic carbocycles. The first-order chi connectivity index (χ1) is 5.75. The summed E-state index contributed by atoms with van der Waals surface area (Å²) in [7, 11) is 0. The molecule has 0 spiro atoms. The smallest absolute Gasteiger partial charge is 0.130 e. The van der Waals surface area contributed by atoms with Gasteiger partial charge in [-0.05, 0) is 12.5 Å². The van der Waals surface area contributed by atoms with Gasteiger partial charge in [0.05, 0.1) is 0 Å². The van der Waals surface area contributed by atoms with Gasteiger partial charge in [-0.15, -0.1) is 0 Å². The number of nitrogens with two attached hydrogens (primary N) is 1. The highest BCUT2D eigenvalue weighted by Crippen LogP contribution is 2.10. The van der Waals surface area contributed by atoms with E-state index in [0.717, 1.165) is 0 Å². The third-order valence-corrected chi connectivity index (χ3v) is 1.49. The second-order valence-corrected chi connectivity index (χ2v) is 2.25.